The van der Waals surface area contributed by atoms with Crippen molar-refractivity contribution >= 4 is 32.7 Å². The molecular formula is C23H27N5O5S. The van der Waals surface area contributed by atoms with E-state index >= 15 is 0 Å². The fourth-order valence-corrected chi connectivity index (χ4v) is 5.61. The van der Waals surface area contributed by atoms with Gasteiger partial charge in [-0.05, 0) is 43.0 Å². The molecular weight excluding hydrogens is 458 g/mol. The second kappa shape index (κ2) is 9.51. The number of aromatic nitrogens is 3. The predicted molar refractivity (Wildman–Crippen MR) is 128 cm³/mol. The van der Waals surface area contributed by atoms with Crippen LogP contribution < -0.4 is 16.6 Å². The number of pyridine rings is 1. The normalized spacial score (nSPS) is 14.9. The number of anilines is 1. The largest absolute Gasteiger partial charge is 0.332 e. The van der Waals surface area contributed by atoms with Crippen LogP contribution in [0.4, 0.5) is 5.69 Å². The molecule has 0 aliphatic carbocycles. The maximum Gasteiger partial charge on any atom is 0.332 e. The zero-order valence-electron chi connectivity index (χ0n) is 19.2. The quantitative estimate of drug-likeness (QED) is 0.563. The Morgan fingerprint density at radius 1 is 1.03 bits per heavy atom. The van der Waals surface area contributed by atoms with Gasteiger partial charge in [0.1, 0.15) is 5.65 Å². The van der Waals surface area contributed by atoms with Gasteiger partial charge in [0, 0.05) is 33.6 Å². The number of aryl methyl sites for hydroxylation is 2. The number of piperidine rings is 1. The number of nitrogens with one attached hydrogen (secondary N) is 1. The van der Waals surface area contributed by atoms with Crippen LogP contribution in [0.5, 0.6) is 0 Å². The van der Waals surface area contributed by atoms with Crippen molar-refractivity contribution in [3.8, 4) is 0 Å². The average Bonchev–Trinajstić information content (AvgIpc) is 2.85. The molecule has 0 spiro atoms. The van der Waals surface area contributed by atoms with Gasteiger partial charge in [-0.15, -0.1) is 0 Å². The molecule has 11 heteroatoms. The summed E-state index contributed by atoms with van der Waals surface area (Å²) in [5, 5.41) is 2.95. The van der Waals surface area contributed by atoms with Gasteiger partial charge >= 0.3 is 5.69 Å². The standard InChI is InChI=1S/C23H27N5O5S/c1-26-21-19(22(30)27(2)23(26)31)14-17(15-24-21)25-20(29)11-8-16-6-9-18(10-7-16)34(32,33)28-12-4-3-5-13-28/h6-7,9-10,14-15H,3-5,8,11-13H2,1-2H3,(H,25,29). The van der Waals surface area contributed by atoms with E-state index in [4.69, 9.17) is 0 Å². The summed E-state index contributed by atoms with van der Waals surface area (Å²) < 4.78 is 29.3. The van der Waals surface area contributed by atoms with Crippen LogP contribution in [0.2, 0.25) is 0 Å². The number of hydrogen-bond donors (Lipinski definition) is 1. The van der Waals surface area contributed by atoms with Crippen molar-refractivity contribution in [2.24, 2.45) is 14.1 Å². The lowest BCUT2D eigenvalue weighted by atomic mass is 10.1. The predicted octanol–water partition coefficient (Wildman–Crippen LogP) is 1.38. The molecule has 1 aliphatic heterocycles. The first-order chi connectivity index (χ1) is 16.2. The van der Waals surface area contributed by atoms with E-state index in [-0.39, 0.29) is 28.3 Å². The van der Waals surface area contributed by atoms with Gasteiger partial charge in [0.15, 0.2) is 0 Å². The fraction of sp³-hybridized carbons (Fsp3) is 0.391. The smallest absolute Gasteiger partial charge is 0.325 e. The van der Waals surface area contributed by atoms with E-state index in [0.717, 1.165) is 29.4 Å². The van der Waals surface area contributed by atoms with E-state index in [1.54, 1.807) is 24.3 Å². The molecule has 0 saturated carbocycles. The summed E-state index contributed by atoms with van der Waals surface area (Å²) in [5.41, 5.74) is 0.480. The average molecular weight is 486 g/mol. The van der Waals surface area contributed by atoms with Crippen LogP contribution in [0.15, 0.2) is 51.0 Å². The second-order valence-corrected chi connectivity index (χ2v) is 10.4. The molecule has 0 radical (unpaired) electrons. The number of carbonyl (C=O) groups excluding carboxylic acids is 1. The summed E-state index contributed by atoms with van der Waals surface area (Å²) in [6.07, 6.45) is 4.81. The first-order valence-electron chi connectivity index (χ1n) is 11.1. The van der Waals surface area contributed by atoms with Crippen LogP contribution in [0.1, 0.15) is 31.2 Å². The van der Waals surface area contributed by atoms with Crippen molar-refractivity contribution in [3.05, 3.63) is 62.9 Å². The number of hydrogen-bond acceptors (Lipinski definition) is 6. The molecule has 2 aromatic heterocycles. The van der Waals surface area contributed by atoms with Gasteiger partial charge in [-0.25, -0.2) is 18.2 Å². The number of fused-ring (bicyclic) bond motifs is 1. The molecule has 1 aromatic carbocycles. The molecule has 1 amide bonds. The number of rotatable bonds is 6. The third kappa shape index (κ3) is 4.66. The van der Waals surface area contributed by atoms with Crippen molar-refractivity contribution in [2.45, 2.75) is 37.0 Å². The van der Waals surface area contributed by atoms with Gasteiger partial charge < -0.3 is 5.32 Å². The minimum atomic E-state index is -3.48. The Labute approximate surface area is 196 Å². The van der Waals surface area contributed by atoms with Crippen molar-refractivity contribution in [1.29, 1.82) is 0 Å². The lowest BCUT2D eigenvalue weighted by molar-refractivity contribution is -0.116. The van der Waals surface area contributed by atoms with Crippen molar-refractivity contribution in [3.63, 3.8) is 0 Å². The topological polar surface area (TPSA) is 123 Å². The maximum atomic E-state index is 12.8. The zero-order chi connectivity index (χ0) is 24.5. The Morgan fingerprint density at radius 2 is 1.71 bits per heavy atom. The molecule has 1 saturated heterocycles. The van der Waals surface area contributed by atoms with Gasteiger partial charge in [-0.2, -0.15) is 4.31 Å². The number of benzene rings is 1. The molecule has 1 N–H and O–H groups in total. The van der Waals surface area contributed by atoms with Gasteiger partial charge in [0.2, 0.25) is 15.9 Å². The van der Waals surface area contributed by atoms with Crippen LogP contribution >= 0.6 is 0 Å². The number of carbonyl (C=O) groups is 1. The summed E-state index contributed by atoms with van der Waals surface area (Å²) >= 11 is 0. The van der Waals surface area contributed by atoms with Crippen LogP contribution in [-0.2, 0) is 35.3 Å². The maximum absolute atomic E-state index is 12.8. The molecule has 1 fully saturated rings. The molecule has 0 atom stereocenters. The third-order valence-electron chi connectivity index (χ3n) is 6.09. The molecule has 34 heavy (non-hydrogen) atoms. The van der Waals surface area contributed by atoms with E-state index in [1.165, 1.54) is 35.2 Å². The number of nitrogens with zero attached hydrogens (tertiary/aromatic N) is 4. The molecule has 0 bridgehead atoms. The van der Waals surface area contributed by atoms with Crippen molar-refractivity contribution in [2.75, 3.05) is 18.4 Å². The molecule has 4 rings (SSSR count). The lowest BCUT2D eigenvalue weighted by Gasteiger charge is -2.25. The van der Waals surface area contributed by atoms with Gasteiger partial charge in [0.05, 0.1) is 22.2 Å². The summed E-state index contributed by atoms with van der Waals surface area (Å²) in [6.45, 7) is 1.10. The molecule has 10 nitrogen and oxygen atoms in total. The lowest BCUT2D eigenvalue weighted by Crippen LogP contribution is -2.37. The highest BCUT2D eigenvalue weighted by atomic mass is 32.2. The van der Waals surface area contributed by atoms with E-state index in [0.29, 0.717) is 25.2 Å². The highest BCUT2D eigenvalue weighted by molar-refractivity contribution is 7.89. The SMILES string of the molecule is Cn1c(=O)c2cc(NC(=O)CCc3ccc(S(=O)(=O)N4CCCCC4)cc3)cnc2n(C)c1=O. The van der Waals surface area contributed by atoms with Gasteiger partial charge in [-0.3, -0.25) is 18.7 Å². The summed E-state index contributed by atoms with van der Waals surface area (Å²) in [7, 11) is -0.569. The number of sulfonamides is 1. The fourth-order valence-electron chi connectivity index (χ4n) is 4.10. The Balaban J connectivity index is 1.41. The monoisotopic (exact) mass is 485 g/mol. The Hall–Kier alpha value is -3.31. The first kappa shape index (κ1) is 23.8. The van der Waals surface area contributed by atoms with Gasteiger partial charge in [0.25, 0.3) is 5.56 Å². The highest BCUT2D eigenvalue weighted by Gasteiger charge is 2.25. The second-order valence-electron chi connectivity index (χ2n) is 8.46. The Morgan fingerprint density at radius 3 is 2.38 bits per heavy atom. The minimum absolute atomic E-state index is 0.168. The summed E-state index contributed by atoms with van der Waals surface area (Å²) in [5.74, 6) is -0.271. The molecule has 0 unspecified atom stereocenters. The molecule has 3 aromatic rings. The van der Waals surface area contributed by atoms with Crippen LogP contribution in [0.25, 0.3) is 11.0 Å². The zero-order valence-corrected chi connectivity index (χ0v) is 20.0. The molecule has 1 aliphatic rings. The Kier molecular flexibility index (Phi) is 6.67. The van der Waals surface area contributed by atoms with Gasteiger partial charge in [-0.1, -0.05) is 18.6 Å². The van der Waals surface area contributed by atoms with E-state index in [1.807, 2.05) is 0 Å². The molecule has 180 valence electrons. The van der Waals surface area contributed by atoms with Crippen LogP contribution in [0, 0.1) is 0 Å². The minimum Gasteiger partial charge on any atom is -0.325 e. The van der Waals surface area contributed by atoms with Crippen molar-refractivity contribution in [1.82, 2.24) is 18.4 Å². The number of amides is 1. The first-order valence-corrected chi connectivity index (χ1v) is 12.6. The highest BCUT2D eigenvalue weighted by Crippen LogP contribution is 2.21. The van der Waals surface area contributed by atoms with E-state index < -0.39 is 21.3 Å². The van der Waals surface area contributed by atoms with Crippen LogP contribution in [0.3, 0.4) is 0 Å². The summed E-state index contributed by atoms with van der Waals surface area (Å²) in [6, 6.07) is 8.13. The van der Waals surface area contributed by atoms with Crippen LogP contribution in [-0.4, -0.2) is 45.8 Å². The van der Waals surface area contributed by atoms with E-state index in [9.17, 15) is 22.8 Å². The molecule has 3 heterocycles. The van der Waals surface area contributed by atoms with Crippen molar-refractivity contribution < 1.29 is 13.2 Å². The Bertz CT molecular complexity index is 1450. The summed E-state index contributed by atoms with van der Waals surface area (Å²) in [4.78, 5) is 41.3. The third-order valence-corrected chi connectivity index (χ3v) is 8.01. The van der Waals surface area contributed by atoms with E-state index in [2.05, 4.69) is 10.3 Å².